The number of carbonyl (C=O) groups excluding carboxylic acids is 1. The SMILES string of the molecule is CC(=O)NC1CCN(S(=O)(=O)Cc2ccccc2N)C1. The van der Waals surface area contributed by atoms with E-state index >= 15 is 0 Å². The Labute approximate surface area is 119 Å². The van der Waals surface area contributed by atoms with Crippen molar-refractivity contribution in [1.29, 1.82) is 0 Å². The summed E-state index contributed by atoms with van der Waals surface area (Å²) in [6.07, 6.45) is 0.642. The van der Waals surface area contributed by atoms with Crippen molar-refractivity contribution in [2.75, 3.05) is 18.8 Å². The van der Waals surface area contributed by atoms with Crippen LogP contribution < -0.4 is 11.1 Å². The first-order valence-corrected chi connectivity index (χ1v) is 8.08. The molecule has 1 fully saturated rings. The Hall–Kier alpha value is -1.60. The van der Waals surface area contributed by atoms with Gasteiger partial charge in [-0.1, -0.05) is 18.2 Å². The van der Waals surface area contributed by atoms with Crippen molar-refractivity contribution < 1.29 is 13.2 Å². The molecule has 1 unspecified atom stereocenters. The third-order valence-corrected chi connectivity index (χ3v) is 5.14. The van der Waals surface area contributed by atoms with E-state index in [4.69, 9.17) is 5.73 Å². The zero-order valence-corrected chi connectivity index (χ0v) is 12.2. The summed E-state index contributed by atoms with van der Waals surface area (Å²) in [4.78, 5) is 11.0. The van der Waals surface area contributed by atoms with Crippen molar-refractivity contribution in [3.63, 3.8) is 0 Å². The zero-order valence-electron chi connectivity index (χ0n) is 11.4. The smallest absolute Gasteiger partial charge is 0.218 e. The highest BCUT2D eigenvalue weighted by Crippen LogP contribution is 2.20. The van der Waals surface area contributed by atoms with Crippen LogP contribution in [0.1, 0.15) is 18.9 Å². The number of carbonyl (C=O) groups is 1. The van der Waals surface area contributed by atoms with Gasteiger partial charge in [-0.2, -0.15) is 4.31 Å². The van der Waals surface area contributed by atoms with Gasteiger partial charge in [0, 0.05) is 31.7 Å². The Morgan fingerprint density at radius 3 is 2.80 bits per heavy atom. The summed E-state index contributed by atoms with van der Waals surface area (Å²) in [5.41, 5.74) is 6.87. The van der Waals surface area contributed by atoms with Crippen LogP contribution in [0.5, 0.6) is 0 Å². The number of sulfonamides is 1. The summed E-state index contributed by atoms with van der Waals surface area (Å²) in [6, 6.07) is 6.85. The molecule has 1 saturated heterocycles. The Balaban J connectivity index is 2.05. The van der Waals surface area contributed by atoms with Crippen LogP contribution >= 0.6 is 0 Å². The molecule has 0 aromatic heterocycles. The van der Waals surface area contributed by atoms with Gasteiger partial charge in [0.15, 0.2) is 0 Å². The van der Waals surface area contributed by atoms with Crippen LogP contribution in [0.4, 0.5) is 5.69 Å². The van der Waals surface area contributed by atoms with Gasteiger partial charge >= 0.3 is 0 Å². The number of nitrogens with zero attached hydrogens (tertiary/aromatic N) is 1. The van der Waals surface area contributed by atoms with E-state index in [1.165, 1.54) is 11.2 Å². The third kappa shape index (κ3) is 3.49. The molecule has 0 saturated carbocycles. The Morgan fingerprint density at radius 1 is 1.45 bits per heavy atom. The highest BCUT2D eigenvalue weighted by Gasteiger charge is 2.31. The number of rotatable bonds is 4. The van der Waals surface area contributed by atoms with E-state index in [1.807, 2.05) is 0 Å². The molecule has 7 heteroatoms. The maximum absolute atomic E-state index is 12.3. The monoisotopic (exact) mass is 297 g/mol. The predicted octanol–water partition coefficient (Wildman–Crippen LogP) is 0.309. The standard InChI is InChI=1S/C13H19N3O3S/c1-10(17)15-12-6-7-16(8-12)20(18,19)9-11-4-2-3-5-13(11)14/h2-5,12H,6-9,14H2,1H3,(H,15,17). The fourth-order valence-corrected chi connectivity index (χ4v) is 3.97. The van der Waals surface area contributed by atoms with Crippen LogP contribution in [0, 0.1) is 0 Å². The lowest BCUT2D eigenvalue weighted by molar-refractivity contribution is -0.119. The number of nitrogens with one attached hydrogen (secondary N) is 1. The molecule has 0 bridgehead atoms. The molecule has 1 aromatic rings. The molecule has 0 spiro atoms. The molecule has 6 nitrogen and oxygen atoms in total. The van der Waals surface area contributed by atoms with Gasteiger partial charge in [0.2, 0.25) is 15.9 Å². The van der Waals surface area contributed by atoms with Gasteiger partial charge in [0.25, 0.3) is 0 Å². The van der Waals surface area contributed by atoms with Crippen molar-refractivity contribution in [3.8, 4) is 0 Å². The van der Waals surface area contributed by atoms with E-state index in [-0.39, 0.29) is 17.7 Å². The Morgan fingerprint density at radius 2 is 2.15 bits per heavy atom. The lowest BCUT2D eigenvalue weighted by atomic mass is 10.2. The fraction of sp³-hybridized carbons (Fsp3) is 0.462. The number of nitrogens with two attached hydrogens (primary N) is 1. The second-order valence-corrected chi connectivity index (χ2v) is 6.97. The van der Waals surface area contributed by atoms with Crippen molar-refractivity contribution in [3.05, 3.63) is 29.8 Å². The van der Waals surface area contributed by atoms with Crippen molar-refractivity contribution in [2.24, 2.45) is 0 Å². The highest BCUT2D eigenvalue weighted by atomic mass is 32.2. The lowest BCUT2D eigenvalue weighted by Crippen LogP contribution is -2.37. The predicted molar refractivity (Wildman–Crippen MR) is 77.3 cm³/mol. The van der Waals surface area contributed by atoms with Crippen molar-refractivity contribution in [2.45, 2.75) is 25.1 Å². The number of anilines is 1. The van der Waals surface area contributed by atoms with Crippen LogP contribution in [-0.4, -0.2) is 37.8 Å². The normalized spacial score (nSPS) is 19.9. The Kier molecular flexibility index (Phi) is 4.29. The van der Waals surface area contributed by atoms with Crippen LogP contribution in [0.15, 0.2) is 24.3 Å². The Bertz CT molecular complexity index is 601. The number of benzene rings is 1. The molecule has 0 radical (unpaired) electrons. The first-order chi connectivity index (χ1) is 9.38. The number of amides is 1. The number of nitrogen functional groups attached to an aromatic ring is 1. The number of hydrogen-bond donors (Lipinski definition) is 2. The molecular weight excluding hydrogens is 278 g/mol. The van der Waals surface area contributed by atoms with Crippen LogP contribution in [0.25, 0.3) is 0 Å². The largest absolute Gasteiger partial charge is 0.398 e. The molecule has 0 aliphatic carbocycles. The molecule has 1 aromatic carbocycles. The van der Waals surface area contributed by atoms with Crippen molar-refractivity contribution >= 4 is 21.6 Å². The quantitative estimate of drug-likeness (QED) is 0.782. The van der Waals surface area contributed by atoms with Gasteiger partial charge in [0.1, 0.15) is 0 Å². The van der Waals surface area contributed by atoms with E-state index in [9.17, 15) is 13.2 Å². The molecule has 20 heavy (non-hydrogen) atoms. The van der Waals surface area contributed by atoms with Crippen LogP contribution in [0.3, 0.4) is 0 Å². The average Bonchev–Trinajstić information content (AvgIpc) is 2.80. The number of hydrogen-bond acceptors (Lipinski definition) is 4. The second-order valence-electron chi connectivity index (χ2n) is 5.00. The molecule has 1 aliphatic heterocycles. The molecular formula is C13H19N3O3S. The third-order valence-electron chi connectivity index (χ3n) is 3.34. The van der Waals surface area contributed by atoms with Gasteiger partial charge in [-0.25, -0.2) is 8.42 Å². The molecule has 1 aliphatic rings. The first kappa shape index (κ1) is 14.8. The minimum absolute atomic E-state index is 0.101. The minimum Gasteiger partial charge on any atom is -0.398 e. The van der Waals surface area contributed by atoms with Crippen LogP contribution in [0.2, 0.25) is 0 Å². The summed E-state index contributed by atoms with van der Waals surface area (Å²) >= 11 is 0. The van der Waals surface area contributed by atoms with Crippen molar-refractivity contribution in [1.82, 2.24) is 9.62 Å². The highest BCUT2D eigenvalue weighted by molar-refractivity contribution is 7.88. The average molecular weight is 297 g/mol. The maximum atomic E-state index is 12.3. The van der Waals surface area contributed by atoms with Gasteiger partial charge < -0.3 is 11.1 Å². The van der Waals surface area contributed by atoms with E-state index in [1.54, 1.807) is 24.3 Å². The fourth-order valence-electron chi connectivity index (χ4n) is 2.34. The summed E-state index contributed by atoms with van der Waals surface area (Å²) in [7, 11) is -3.40. The molecule has 3 N–H and O–H groups in total. The van der Waals surface area contributed by atoms with Gasteiger partial charge in [-0.05, 0) is 18.1 Å². The van der Waals surface area contributed by atoms with Gasteiger partial charge in [-0.15, -0.1) is 0 Å². The maximum Gasteiger partial charge on any atom is 0.218 e. The second kappa shape index (κ2) is 5.80. The lowest BCUT2D eigenvalue weighted by Gasteiger charge is -2.17. The molecule has 2 rings (SSSR count). The van der Waals surface area contributed by atoms with Gasteiger partial charge in [-0.3, -0.25) is 4.79 Å². The minimum atomic E-state index is -3.40. The van der Waals surface area contributed by atoms with E-state index in [0.717, 1.165) is 0 Å². The topological polar surface area (TPSA) is 92.5 Å². The van der Waals surface area contributed by atoms with E-state index in [0.29, 0.717) is 30.8 Å². The van der Waals surface area contributed by atoms with E-state index < -0.39 is 10.0 Å². The summed E-state index contributed by atoms with van der Waals surface area (Å²) < 4.78 is 26.1. The molecule has 1 amide bonds. The summed E-state index contributed by atoms with van der Waals surface area (Å²) in [5, 5.41) is 2.75. The first-order valence-electron chi connectivity index (χ1n) is 6.47. The number of para-hydroxylation sites is 1. The van der Waals surface area contributed by atoms with Gasteiger partial charge in [0.05, 0.1) is 5.75 Å². The molecule has 110 valence electrons. The summed E-state index contributed by atoms with van der Waals surface area (Å²) in [5.74, 6) is -0.242. The van der Waals surface area contributed by atoms with Crippen LogP contribution in [-0.2, 0) is 20.6 Å². The zero-order chi connectivity index (χ0) is 14.8. The molecule has 1 heterocycles. The summed E-state index contributed by atoms with van der Waals surface area (Å²) in [6.45, 7) is 2.19. The van der Waals surface area contributed by atoms with E-state index in [2.05, 4.69) is 5.32 Å². The molecule has 1 atom stereocenters.